The molecule has 1 heterocycles. The zero-order valence-electron chi connectivity index (χ0n) is 8.47. The molecule has 0 atom stereocenters. The van der Waals surface area contributed by atoms with Crippen molar-refractivity contribution in [3.8, 4) is 0 Å². The summed E-state index contributed by atoms with van der Waals surface area (Å²) in [5.74, 6) is 1.10. The maximum absolute atomic E-state index is 4.55. The van der Waals surface area contributed by atoms with Gasteiger partial charge in [-0.05, 0) is 49.9 Å². The van der Waals surface area contributed by atoms with Gasteiger partial charge >= 0.3 is 0 Å². The van der Waals surface area contributed by atoms with E-state index in [0.29, 0.717) is 5.41 Å². The third kappa shape index (κ3) is 2.21. The van der Waals surface area contributed by atoms with Gasteiger partial charge in [0.2, 0.25) is 0 Å². The van der Waals surface area contributed by atoms with Gasteiger partial charge in [0.1, 0.15) is 0 Å². The van der Waals surface area contributed by atoms with Crippen molar-refractivity contribution in [3.63, 3.8) is 0 Å². The Bertz CT molecular complexity index is 157. The molecule has 2 aliphatic rings. The highest BCUT2D eigenvalue weighted by atomic mass is 32.1. The largest absolute Gasteiger partial charge is 0.303 e. The molecule has 0 bridgehead atoms. The van der Waals surface area contributed by atoms with Crippen LogP contribution in [0.25, 0.3) is 0 Å². The van der Waals surface area contributed by atoms with Crippen LogP contribution in [0.4, 0.5) is 0 Å². The quantitative estimate of drug-likeness (QED) is 0.684. The maximum atomic E-state index is 4.55. The van der Waals surface area contributed by atoms with Crippen LogP contribution in [-0.4, -0.2) is 30.3 Å². The van der Waals surface area contributed by atoms with E-state index in [0.717, 1.165) is 5.75 Å². The summed E-state index contributed by atoms with van der Waals surface area (Å²) in [5.41, 5.74) is 0.591. The van der Waals surface area contributed by atoms with Gasteiger partial charge in [0.25, 0.3) is 0 Å². The molecule has 0 aromatic rings. The molecular formula is C11H21NS. The molecule has 2 heteroatoms. The zero-order chi connectivity index (χ0) is 9.15. The van der Waals surface area contributed by atoms with Crippen molar-refractivity contribution in [2.24, 2.45) is 5.41 Å². The number of hydrogen-bond donors (Lipinski definition) is 1. The molecule has 0 aromatic heterocycles. The summed E-state index contributed by atoms with van der Waals surface area (Å²) in [4.78, 5) is 2.65. The molecule has 0 N–H and O–H groups in total. The minimum atomic E-state index is 0.591. The monoisotopic (exact) mass is 199 g/mol. The first-order valence-corrected chi connectivity index (χ1v) is 6.31. The van der Waals surface area contributed by atoms with E-state index in [4.69, 9.17) is 0 Å². The molecule has 0 spiro atoms. The summed E-state index contributed by atoms with van der Waals surface area (Å²) >= 11 is 4.55. The van der Waals surface area contributed by atoms with Crippen molar-refractivity contribution < 1.29 is 0 Å². The normalized spacial score (nSPS) is 28.4. The molecule has 2 rings (SSSR count). The van der Waals surface area contributed by atoms with E-state index in [1.54, 1.807) is 0 Å². The van der Waals surface area contributed by atoms with Crippen LogP contribution in [-0.2, 0) is 0 Å². The van der Waals surface area contributed by atoms with Gasteiger partial charge in [-0.15, -0.1) is 0 Å². The van der Waals surface area contributed by atoms with Crippen LogP contribution in [0.2, 0.25) is 0 Å². The molecule has 0 aromatic carbocycles. The lowest BCUT2D eigenvalue weighted by atomic mass is 9.88. The van der Waals surface area contributed by atoms with E-state index in [1.165, 1.54) is 58.2 Å². The van der Waals surface area contributed by atoms with Crippen LogP contribution in [0.3, 0.4) is 0 Å². The fourth-order valence-corrected chi connectivity index (χ4v) is 3.32. The third-order valence-corrected chi connectivity index (χ3v) is 4.43. The van der Waals surface area contributed by atoms with Crippen LogP contribution in [0, 0.1) is 5.41 Å². The second kappa shape index (κ2) is 4.22. The van der Waals surface area contributed by atoms with Crippen molar-refractivity contribution >= 4 is 12.6 Å². The van der Waals surface area contributed by atoms with Gasteiger partial charge in [-0.25, -0.2) is 0 Å². The molecule has 13 heavy (non-hydrogen) atoms. The summed E-state index contributed by atoms with van der Waals surface area (Å²) < 4.78 is 0. The van der Waals surface area contributed by atoms with Crippen molar-refractivity contribution in [1.82, 2.24) is 4.90 Å². The highest BCUT2D eigenvalue weighted by molar-refractivity contribution is 7.80. The number of thiol groups is 1. The topological polar surface area (TPSA) is 3.24 Å². The number of nitrogens with zero attached hydrogens (tertiary/aromatic N) is 1. The maximum Gasteiger partial charge on any atom is 0.00458 e. The highest BCUT2D eigenvalue weighted by Gasteiger charge is 2.34. The standard InChI is InChI=1S/C11H21NS/c13-10-11(5-1-2-6-11)9-12-7-3-4-8-12/h13H,1-10H2. The van der Waals surface area contributed by atoms with Crippen LogP contribution in [0.5, 0.6) is 0 Å². The van der Waals surface area contributed by atoms with Crippen LogP contribution < -0.4 is 0 Å². The molecule has 1 nitrogen and oxygen atoms in total. The SMILES string of the molecule is SCC1(CN2CCCC2)CCCC1. The minimum Gasteiger partial charge on any atom is -0.303 e. The Morgan fingerprint density at radius 3 is 2.15 bits per heavy atom. The average molecular weight is 199 g/mol. The minimum absolute atomic E-state index is 0.591. The second-order valence-corrected chi connectivity index (χ2v) is 5.16. The summed E-state index contributed by atoms with van der Waals surface area (Å²) in [7, 11) is 0. The summed E-state index contributed by atoms with van der Waals surface area (Å²) in [6, 6.07) is 0. The number of hydrogen-bond acceptors (Lipinski definition) is 2. The molecule has 0 unspecified atom stereocenters. The molecule has 2 fully saturated rings. The lowest BCUT2D eigenvalue weighted by molar-refractivity contribution is 0.201. The molecule has 1 aliphatic carbocycles. The first-order chi connectivity index (χ1) is 6.35. The molecule has 1 saturated carbocycles. The predicted octanol–water partition coefficient (Wildman–Crippen LogP) is 2.57. The third-order valence-electron chi connectivity index (χ3n) is 3.76. The van der Waals surface area contributed by atoms with Gasteiger partial charge in [0.15, 0.2) is 0 Å². The Morgan fingerprint density at radius 1 is 1.00 bits per heavy atom. The smallest absolute Gasteiger partial charge is 0.00458 e. The Labute approximate surface area is 87.3 Å². The molecule has 0 amide bonds. The van der Waals surface area contributed by atoms with Gasteiger partial charge in [0.05, 0.1) is 0 Å². The molecule has 1 aliphatic heterocycles. The van der Waals surface area contributed by atoms with Gasteiger partial charge < -0.3 is 4.90 Å². The Hall–Kier alpha value is 0.310. The lowest BCUT2D eigenvalue weighted by Crippen LogP contribution is -2.35. The molecular weight excluding hydrogens is 178 g/mol. The first kappa shape index (κ1) is 9.85. The van der Waals surface area contributed by atoms with E-state index < -0.39 is 0 Å². The van der Waals surface area contributed by atoms with E-state index in [9.17, 15) is 0 Å². The Morgan fingerprint density at radius 2 is 1.62 bits per heavy atom. The molecule has 1 saturated heterocycles. The van der Waals surface area contributed by atoms with Crippen molar-refractivity contribution in [3.05, 3.63) is 0 Å². The summed E-state index contributed by atoms with van der Waals surface area (Å²) in [6.45, 7) is 4.02. The van der Waals surface area contributed by atoms with Crippen molar-refractivity contribution in [1.29, 1.82) is 0 Å². The molecule has 0 radical (unpaired) electrons. The second-order valence-electron chi connectivity index (χ2n) is 4.85. The van der Waals surface area contributed by atoms with E-state index >= 15 is 0 Å². The molecule has 76 valence electrons. The highest BCUT2D eigenvalue weighted by Crippen LogP contribution is 2.40. The fraction of sp³-hybridized carbons (Fsp3) is 1.00. The zero-order valence-corrected chi connectivity index (χ0v) is 9.36. The van der Waals surface area contributed by atoms with E-state index in [-0.39, 0.29) is 0 Å². The van der Waals surface area contributed by atoms with Crippen LogP contribution in [0.1, 0.15) is 38.5 Å². The summed E-state index contributed by atoms with van der Waals surface area (Å²) in [6.07, 6.45) is 8.56. The van der Waals surface area contributed by atoms with Crippen LogP contribution in [0.15, 0.2) is 0 Å². The predicted molar refractivity (Wildman–Crippen MR) is 60.4 cm³/mol. The summed E-state index contributed by atoms with van der Waals surface area (Å²) in [5, 5.41) is 0. The average Bonchev–Trinajstić information content (AvgIpc) is 2.77. The van der Waals surface area contributed by atoms with E-state index in [2.05, 4.69) is 17.5 Å². The van der Waals surface area contributed by atoms with Gasteiger partial charge in [-0.1, -0.05) is 12.8 Å². The Kier molecular flexibility index (Phi) is 3.20. The van der Waals surface area contributed by atoms with E-state index in [1.807, 2.05) is 0 Å². The lowest BCUT2D eigenvalue weighted by Gasteiger charge is -2.31. The van der Waals surface area contributed by atoms with Crippen molar-refractivity contribution in [2.75, 3.05) is 25.4 Å². The number of likely N-dealkylation sites (tertiary alicyclic amines) is 1. The van der Waals surface area contributed by atoms with Gasteiger partial charge in [0, 0.05) is 6.54 Å². The van der Waals surface area contributed by atoms with Crippen molar-refractivity contribution in [2.45, 2.75) is 38.5 Å². The fourth-order valence-electron chi connectivity index (χ4n) is 2.91. The first-order valence-electron chi connectivity index (χ1n) is 5.68. The number of rotatable bonds is 3. The van der Waals surface area contributed by atoms with Gasteiger partial charge in [-0.2, -0.15) is 12.6 Å². The van der Waals surface area contributed by atoms with Crippen LogP contribution >= 0.6 is 12.6 Å². The van der Waals surface area contributed by atoms with Gasteiger partial charge in [-0.3, -0.25) is 0 Å². The Balaban J connectivity index is 1.88.